The first-order valence-corrected chi connectivity index (χ1v) is 14.4. The number of halogens is 3. The Morgan fingerprint density at radius 3 is 2.28 bits per heavy atom. The van der Waals surface area contributed by atoms with Gasteiger partial charge in [-0.25, -0.2) is 12.8 Å². The van der Waals surface area contributed by atoms with Gasteiger partial charge in [-0.2, -0.15) is 11.8 Å². The summed E-state index contributed by atoms with van der Waals surface area (Å²) >= 11 is 13.9. The number of carbonyl (C=O) groups is 1. The molecule has 0 bridgehead atoms. The fraction of sp³-hybridized carbons (Fsp3) is 0.240. The lowest BCUT2D eigenvalue weighted by Crippen LogP contribution is -2.41. The van der Waals surface area contributed by atoms with Crippen molar-refractivity contribution in [2.24, 2.45) is 0 Å². The molecular weight excluding hydrogens is 546 g/mol. The van der Waals surface area contributed by atoms with E-state index in [0.717, 1.165) is 22.0 Å². The molecule has 0 fully saturated rings. The molecule has 0 aliphatic heterocycles. The third-order valence-corrected chi connectivity index (χ3v) is 8.48. The molecule has 0 saturated carbocycles. The minimum atomic E-state index is -4.11. The molecule has 0 spiro atoms. The van der Waals surface area contributed by atoms with Crippen LogP contribution in [0.5, 0.6) is 5.75 Å². The lowest BCUT2D eigenvalue weighted by molar-refractivity contribution is -0.119. The number of hydrogen-bond donors (Lipinski definition) is 1. The fourth-order valence-corrected chi connectivity index (χ4v) is 6.23. The van der Waals surface area contributed by atoms with Crippen LogP contribution < -0.4 is 14.4 Å². The van der Waals surface area contributed by atoms with E-state index in [1.165, 1.54) is 36.0 Å². The van der Waals surface area contributed by atoms with Crippen LogP contribution in [0, 0.1) is 5.82 Å². The van der Waals surface area contributed by atoms with E-state index in [-0.39, 0.29) is 10.6 Å². The molecular formula is C25H25Cl2FN2O4S2. The molecule has 1 amide bonds. The first-order chi connectivity index (χ1) is 17.2. The molecule has 0 saturated heterocycles. The zero-order valence-electron chi connectivity index (χ0n) is 19.4. The van der Waals surface area contributed by atoms with E-state index in [9.17, 15) is 17.6 Å². The van der Waals surface area contributed by atoms with Gasteiger partial charge in [0.05, 0.1) is 17.2 Å². The van der Waals surface area contributed by atoms with E-state index in [1.54, 1.807) is 30.3 Å². The molecule has 3 aromatic rings. The van der Waals surface area contributed by atoms with Crippen LogP contribution >= 0.6 is 35.0 Å². The largest absolute Gasteiger partial charge is 0.494 e. The third-order valence-electron chi connectivity index (χ3n) is 5.00. The molecule has 0 aromatic heterocycles. The van der Waals surface area contributed by atoms with E-state index < -0.39 is 28.3 Å². The molecule has 0 radical (unpaired) electrons. The van der Waals surface area contributed by atoms with Gasteiger partial charge in [0, 0.05) is 28.1 Å². The Kier molecular flexibility index (Phi) is 10.3. The van der Waals surface area contributed by atoms with E-state index in [0.29, 0.717) is 40.5 Å². The standard InChI is InChI=1S/C25H25Cl2FN2O4S2/c1-2-34-20-10-12-21(13-11-20)36(32,33)30(19-8-6-18(28)7-9-19)16-25(31)29-14-15-35-17-22-23(26)4-3-5-24(22)27/h3-13H,2,14-17H2,1H3,(H,29,31). The van der Waals surface area contributed by atoms with Crippen molar-refractivity contribution in [2.45, 2.75) is 17.6 Å². The summed E-state index contributed by atoms with van der Waals surface area (Å²) in [6, 6.07) is 16.1. The summed E-state index contributed by atoms with van der Waals surface area (Å²) in [5, 5.41) is 3.89. The summed E-state index contributed by atoms with van der Waals surface area (Å²) in [5.74, 6) is 0.651. The van der Waals surface area contributed by atoms with Crippen molar-refractivity contribution < 1.29 is 22.3 Å². The Morgan fingerprint density at radius 1 is 1.03 bits per heavy atom. The first kappa shape index (κ1) is 28.1. The molecule has 36 heavy (non-hydrogen) atoms. The number of anilines is 1. The number of carbonyl (C=O) groups excluding carboxylic acids is 1. The van der Waals surface area contributed by atoms with Gasteiger partial charge in [0.2, 0.25) is 5.91 Å². The Hall–Kier alpha value is -2.46. The average molecular weight is 572 g/mol. The molecule has 0 heterocycles. The minimum Gasteiger partial charge on any atom is -0.494 e. The quantitative estimate of drug-likeness (QED) is 0.279. The van der Waals surface area contributed by atoms with Gasteiger partial charge in [0.1, 0.15) is 18.1 Å². The van der Waals surface area contributed by atoms with Crippen LogP contribution in [0.1, 0.15) is 12.5 Å². The van der Waals surface area contributed by atoms with Crippen LogP contribution in [0.25, 0.3) is 0 Å². The van der Waals surface area contributed by atoms with Crippen LogP contribution in [0.15, 0.2) is 71.6 Å². The molecule has 0 aliphatic carbocycles. The maximum atomic E-state index is 13.5. The predicted octanol–water partition coefficient (Wildman–Crippen LogP) is 5.78. The van der Waals surface area contributed by atoms with Gasteiger partial charge >= 0.3 is 0 Å². The molecule has 0 atom stereocenters. The zero-order valence-corrected chi connectivity index (χ0v) is 22.6. The first-order valence-electron chi connectivity index (χ1n) is 11.0. The van der Waals surface area contributed by atoms with Crippen molar-refractivity contribution in [1.29, 1.82) is 0 Å². The maximum absolute atomic E-state index is 13.5. The molecule has 11 heteroatoms. The van der Waals surface area contributed by atoms with Crippen molar-refractivity contribution in [3.8, 4) is 5.75 Å². The summed E-state index contributed by atoms with van der Waals surface area (Å²) < 4.78 is 46.6. The second-order valence-corrected chi connectivity index (χ2v) is 11.3. The number of benzene rings is 3. The predicted molar refractivity (Wildman–Crippen MR) is 144 cm³/mol. The van der Waals surface area contributed by atoms with Gasteiger partial charge in [-0.1, -0.05) is 29.3 Å². The van der Waals surface area contributed by atoms with E-state index >= 15 is 0 Å². The van der Waals surface area contributed by atoms with Crippen molar-refractivity contribution in [2.75, 3.05) is 29.8 Å². The number of hydrogen-bond acceptors (Lipinski definition) is 5. The molecule has 0 aliphatic rings. The zero-order chi connectivity index (χ0) is 26.1. The smallest absolute Gasteiger partial charge is 0.264 e. The highest BCUT2D eigenvalue weighted by atomic mass is 35.5. The van der Waals surface area contributed by atoms with Crippen LogP contribution in [0.2, 0.25) is 10.0 Å². The highest BCUT2D eigenvalue weighted by molar-refractivity contribution is 7.98. The van der Waals surface area contributed by atoms with Crippen LogP contribution in [0.3, 0.4) is 0 Å². The lowest BCUT2D eigenvalue weighted by atomic mass is 10.2. The summed E-state index contributed by atoms with van der Waals surface area (Å²) in [6.07, 6.45) is 0. The summed E-state index contributed by atoms with van der Waals surface area (Å²) in [5.41, 5.74) is 0.990. The fourth-order valence-electron chi connectivity index (χ4n) is 3.22. The molecule has 1 N–H and O–H groups in total. The Labute approximate surface area is 224 Å². The Bertz CT molecular complexity index is 1250. The minimum absolute atomic E-state index is 0.0183. The van der Waals surface area contributed by atoms with E-state index in [1.807, 2.05) is 6.92 Å². The Morgan fingerprint density at radius 2 is 1.67 bits per heavy atom. The lowest BCUT2D eigenvalue weighted by Gasteiger charge is -2.24. The second kappa shape index (κ2) is 13.2. The van der Waals surface area contributed by atoms with Gasteiger partial charge in [-0.15, -0.1) is 0 Å². The molecule has 3 aromatic carbocycles. The summed E-state index contributed by atoms with van der Waals surface area (Å²) in [4.78, 5) is 12.7. The van der Waals surface area contributed by atoms with Gasteiger partial charge in [-0.05, 0) is 73.2 Å². The summed E-state index contributed by atoms with van der Waals surface area (Å²) in [7, 11) is -4.11. The van der Waals surface area contributed by atoms with E-state index in [2.05, 4.69) is 5.32 Å². The highest BCUT2D eigenvalue weighted by Gasteiger charge is 2.27. The molecule has 6 nitrogen and oxygen atoms in total. The highest BCUT2D eigenvalue weighted by Crippen LogP contribution is 2.28. The van der Waals surface area contributed by atoms with Crippen molar-refractivity contribution in [3.63, 3.8) is 0 Å². The number of sulfonamides is 1. The Balaban J connectivity index is 1.66. The van der Waals surface area contributed by atoms with Gasteiger partial charge in [-0.3, -0.25) is 9.10 Å². The molecule has 3 rings (SSSR count). The number of nitrogens with zero attached hydrogens (tertiary/aromatic N) is 1. The number of amides is 1. The maximum Gasteiger partial charge on any atom is 0.264 e. The molecule has 192 valence electrons. The van der Waals surface area contributed by atoms with Gasteiger partial charge in [0.25, 0.3) is 10.0 Å². The van der Waals surface area contributed by atoms with Gasteiger partial charge < -0.3 is 10.1 Å². The number of ether oxygens (including phenoxy) is 1. The summed E-state index contributed by atoms with van der Waals surface area (Å²) in [6.45, 7) is 2.11. The SMILES string of the molecule is CCOc1ccc(S(=O)(=O)N(CC(=O)NCCSCc2c(Cl)cccc2Cl)c2ccc(F)cc2)cc1. The van der Waals surface area contributed by atoms with Crippen molar-refractivity contribution in [1.82, 2.24) is 5.32 Å². The third kappa shape index (κ3) is 7.52. The van der Waals surface area contributed by atoms with E-state index in [4.69, 9.17) is 27.9 Å². The van der Waals surface area contributed by atoms with Crippen molar-refractivity contribution >= 4 is 56.6 Å². The van der Waals surface area contributed by atoms with Crippen LogP contribution in [0.4, 0.5) is 10.1 Å². The monoisotopic (exact) mass is 570 g/mol. The van der Waals surface area contributed by atoms with Crippen LogP contribution in [-0.2, 0) is 20.6 Å². The van der Waals surface area contributed by atoms with Gasteiger partial charge in [0.15, 0.2) is 0 Å². The number of rotatable bonds is 12. The van der Waals surface area contributed by atoms with Crippen molar-refractivity contribution in [3.05, 3.63) is 88.2 Å². The topological polar surface area (TPSA) is 75.7 Å². The average Bonchev–Trinajstić information content (AvgIpc) is 2.85. The number of thioether (sulfide) groups is 1. The second-order valence-electron chi connectivity index (χ2n) is 7.50. The van der Waals surface area contributed by atoms with Crippen LogP contribution in [-0.4, -0.2) is 39.8 Å². The molecule has 0 unspecified atom stereocenters. The normalized spacial score (nSPS) is 11.2. The number of nitrogens with one attached hydrogen (secondary N) is 1.